The van der Waals surface area contributed by atoms with Crippen LogP contribution < -0.4 is 5.73 Å². The van der Waals surface area contributed by atoms with Gasteiger partial charge in [-0.25, -0.2) is 9.78 Å². The summed E-state index contributed by atoms with van der Waals surface area (Å²) in [5.41, 5.74) is 11.4. The molecule has 7 heteroatoms. The number of aromatic carboxylic acids is 1. The molecule has 1 aromatic carbocycles. The van der Waals surface area contributed by atoms with Crippen molar-refractivity contribution in [2.45, 2.75) is 20.8 Å². The number of rotatable bonds is 3. The topological polar surface area (TPSA) is 137 Å². The van der Waals surface area contributed by atoms with Crippen LogP contribution in [0.15, 0.2) is 40.3 Å². The molecule has 2 aromatic heterocycles. The van der Waals surface area contributed by atoms with Crippen LogP contribution in [-0.2, 0) is 0 Å². The van der Waals surface area contributed by atoms with Crippen molar-refractivity contribution >= 4 is 29.0 Å². The van der Waals surface area contributed by atoms with Crippen LogP contribution in [0.25, 0.3) is 28.5 Å². The smallest absolute Gasteiger partial charge is 0.335 e. The number of nitrogens with zero attached hydrogens (tertiary/aromatic N) is 3. The molecule has 32 heavy (non-hydrogen) atoms. The number of nitrogens with two attached hydrogens (primary N) is 1. The lowest BCUT2D eigenvalue weighted by Crippen LogP contribution is -2.03. The standard InChI is InChI=1S/C25H18N4O3/c1-12-16(5-4-6-17(12)25(30)31)21-8-7-15(32-21)9-18-13(2)19(10-26)23-22(18)14(3)20(11-27)24(28)29-23/h4-9H,1-3H3,(H2,28,29)(H,30,31)/b18-9-. The summed E-state index contributed by atoms with van der Waals surface area (Å²) in [5.74, 6) is 0.151. The lowest BCUT2D eigenvalue weighted by atomic mass is 9.96. The van der Waals surface area contributed by atoms with E-state index >= 15 is 0 Å². The van der Waals surface area contributed by atoms with Crippen LogP contribution in [-0.4, -0.2) is 16.1 Å². The highest BCUT2D eigenvalue weighted by molar-refractivity contribution is 6.08. The zero-order valence-electron chi connectivity index (χ0n) is 17.6. The van der Waals surface area contributed by atoms with Gasteiger partial charge in [0.15, 0.2) is 0 Å². The molecule has 0 bridgehead atoms. The third-order valence-electron chi connectivity index (χ3n) is 5.73. The summed E-state index contributed by atoms with van der Waals surface area (Å²) in [5, 5.41) is 28.5. The van der Waals surface area contributed by atoms with Crippen LogP contribution in [0.4, 0.5) is 5.82 Å². The molecule has 0 radical (unpaired) electrons. The van der Waals surface area contributed by atoms with Crippen molar-refractivity contribution in [3.63, 3.8) is 0 Å². The second kappa shape index (κ2) is 7.57. The number of hydrogen-bond acceptors (Lipinski definition) is 6. The molecule has 156 valence electrons. The zero-order valence-corrected chi connectivity index (χ0v) is 17.6. The van der Waals surface area contributed by atoms with E-state index in [2.05, 4.69) is 17.1 Å². The fourth-order valence-corrected chi connectivity index (χ4v) is 4.05. The number of furan rings is 1. The normalized spacial score (nSPS) is 13.7. The molecule has 0 fully saturated rings. The third-order valence-corrected chi connectivity index (χ3v) is 5.73. The second-order valence-electron chi connectivity index (χ2n) is 7.49. The van der Waals surface area contributed by atoms with Crippen LogP contribution in [0.3, 0.4) is 0 Å². The highest BCUT2D eigenvalue weighted by Gasteiger charge is 2.30. The van der Waals surface area contributed by atoms with Gasteiger partial charge in [-0.3, -0.25) is 0 Å². The Labute approximate surface area is 184 Å². The van der Waals surface area contributed by atoms with Gasteiger partial charge >= 0.3 is 5.97 Å². The van der Waals surface area contributed by atoms with E-state index in [1.165, 1.54) is 0 Å². The number of allylic oxidation sites excluding steroid dienone is 3. The average molecular weight is 422 g/mol. The van der Waals surface area contributed by atoms with Gasteiger partial charge in [-0.1, -0.05) is 12.1 Å². The van der Waals surface area contributed by atoms with Gasteiger partial charge in [0.05, 0.1) is 22.4 Å². The zero-order chi connectivity index (χ0) is 23.2. The van der Waals surface area contributed by atoms with Gasteiger partial charge < -0.3 is 15.3 Å². The minimum absolute atomic E-state index is 0.0969. The fraction of sp³-hybridized carbons (Fsp3) is 0.120. The van der Waals surface area contributed by atoms with Gasteiger partial charge in [-0.2, -0.15) is 10.5 Å². The Morgan fingerprint density at radius 3 is 2.53 bits per heavy atom. The lowest BCUT2D eigenvalue weighted by molar-refractivity contribution is 0.0696. The van der Waals surface area contributed by atoms with E-state index in [-0.39, 0.29) is 16.9 Å². The highest BCUT2D eigenvalue weighted by Crippen LogP contribution is 2.44. The molecule has 0 amide bonds. The summed E-state index contributed by atoms with van der Waals surface area (Å²) in [6.45, 7) is 5.34. The number of nitrogen functional groups attached to an aromatic ring is 1. The summed E-state index contributed by atoms with van der Waals surface area (Å²) < 4.78 is 6.01. The first kappa shape index (κ1) is 20.6. The Morgan fingerprint density at radius 1 is 1.12 bits per heavy atom. The Kier molecular flexibility index (Phi) is 4.88. The van der Waals surface area contributed by atoms with E-state index < -0.39 is 5.97 Å². The largest absolute Gasteiger partial charge is 0.478 e. The Hall–Kier alpha value is -4.62. The highest BCUT2D eigenvalue weighted by atomic mass is 16.4. The van der Waals surface area contributed by atoms with Gasteiger partial charge in [0, 0.05) is 11.1 Å². The minimum atomic E-state index is -0.999. The number of nitriles is 2. The van der Waals surface area contributed by atoms with Crippen LogP contribution in [0, 0.1) is 36.5 Å². The van der Waals surface area contributed by atoms with Crippen molar-refractivity contribution in [1.82, 2.24) is 4.98 Å². The number of aromatic nitrogens is 1. The summed E-state index contributed by atoms with van der Waals surface area (Å²) in [4.78, 5) is 15.8. The molecule has 7 nitrogen and oxygen atoms in total. The van der Waals surface area contributed by atoms with E-state index in [1.807, 2.05) is 6.92 Å². The van der Waals surface area contributed by atoms with Gasteiger partial charge in [-0.05, 0) is 67.3 Å². The maximum Gasteiger partial charge on any atom is 0.335 e. The molecular weight excluding hydrogens is 404 g/mol. The predicted molar refractivity (Wildman–Crippen MR) is 120 cm³/mol. The molecule has 1 aliphatic carbocycles. The first-order valence-corrected chi connectivity index (χ1v) is 9.75. The number of benzene rings is 1. The maximum atomic E-state index is 11.5. The number of carboxylic acids is 1. The van der Waals surface area contributed by atoms with Crippen molar-refractivity contribution in [2.75, 3.05) is 5.73 Å². The van der Waals surface area contributed by atoms with E-state index in [0.717, 1.165) is 11.1 Å². The predicted octanol–water partition coefficient (Wildman–Crippen LogP) is 4.96. The minimum Gasteiger partial charge on any atom is -0.478 e. The van der Waals surface area contributed by atoms with Gasteiger partial charge in [-0.15, -0.1) is 0 Å². The Bertz CT molecular complexity index is 1460. The third kappa shape index (κ3) is 3.05. The lowest BCUT2D eigenvalue weighted by Gasteiger charge is -2.10. The van der Waals surface area contributed by atoms with Gasteiger partial charge in [0.2, 0.25) is 0 Å². The molecular formula is C25H18N4O3. The van der Waals surface area contributed by atoms with E-state index in [1.54, 1.807) is 50.3 Å². The van der Waals surface area contributed by atoms with Crippen molar-refractivity contribution in [3.8, 4) is 23.5 Å². The summed E-state index contributed by atoms with van der Waals surface area (Å²) in [7, 11) is 0. The maximum absolute atomic E-state index is 11.5. The van der Waals surface area contributed by atoms with E-state index in [9.17, 15) is 20.4 Å². The molecule has 0 spiro atoms. The summed E-state index contributed by atoms with van der Waals surface area (Å²) in [6.07, 6.45) is 1.80. The SMILES string of the molecule is CC1=C(C#N)c2nc(N)c(C#N)c(C)c2/C1=C\c1ccc(-c2cccc(C(=O)O)c2C)o1. The fourth-order valence-electron chi connectivity index (χ4n) is 4.05. The number of anilines is 1. The Morgan fingerprint density at radius 2 is 1.88 bits per heavy atom. The van der Waals surface area contributed by atoms with Crippen molar-refractivity contribution < 1.29 is 14.3 Å². The molecule has 3 aromatic rings. The number of fused-ring (bicyclic) bond motifs is 1. The molecule has 0 aliphatic heterocycles. The van der Waals surface area contributed by atoms with Crippen LogP contribution >= 0.6 is 0 Å². The van der Waals surface area contributed by atoms with Crippen molar-refractivity contribution in [1.29, 1.82) is 10.5 Å². The molecule has 2 heterocycles. The molecule has 0 saturated heterocycles. The first-order chi connectivity index (χ1) is 15.3. The monoisotopic (exact) mass is 422 g/mol. The van der Waals surface area contributed by atoms with E-state index in [0.29, 0.717) is 45.0 Å². The average Bonchev–Trinajstić information content (AvgIpc) is 3.31. The van der Waals surface area contributed by atoms with Crippen LogP contribution in [0.5, 0.6) is 0 Å². The summed E-state index contributed by atoms with van der Waals surface area (Å²) in [6, 6.07) is 12.8. The van der Waals surface area contributed by atoms with Crippen LogP contribution in [0.2, 0.25) is 0 Å². The Balaban J connectivity index is 1.86. The molecule has 0 saturated carbocycles. The molecule has 0 unspecified atom stereocenters. The molecule has 0 atom stereocenters. The number of pyridine rings is 1. The van der Waals surface area contributed by atoms with E-state index in [4.69, 9.17) is 10.2 Å². The van der Waals surface area contributed by atoms with Crippen LogP contribution in [0.1, 0.15) is 51.0 Å². The second-order valence-corrected chi connectivity index (χ2v) is 7.49. The number of hydrogen-bond donors (Lipinski definition) is 2. The number of carbonyl (C=O) groups is 1. The number of carboxylic acid groups (broad SMARTS) is 1. The quantitative estimate of drug-likeness (QED) is 0.608. The molecule has 1 aliphatic rings. The molecule has 4 rings (SSSR count). The summed E-state index contributed by atoms with van der Waals surface area (Å²) >= 11 is 0. The molecule has 3 N–H and O–H groups in total. The van der Waals surface area contributed by atoms with Crippen molar-refractivity contribution in [3.05, 3.63) is 75.2 Å². The van der Waals surface area contributed by atoms with Crippen molar-refractivity contribution in [2.24, 2.45) is 0 Å². The van der Waals surface area contributed by atoms with Gasteiger partial charge in [0.1, 0.15) is 29.5 Å². The first-order valence-electron chi connectivity index (χ1n) is 9.75. The van der Waals surface area contributed by atoms with Gasteiger partial charge in [0.25, 0.3) is 0 Å².